The Kier molecular flexibility index (Phi) is 15.3. The number of amides is 3. The summed E-state index contributed by atoms with van der Waals surface area (Å²) >= 11 is 0. The Bertz CT molecular complexity index is 2700. The Morgan fingerprint density at radius 1 is 1.03 bits per heavy atom. The predicted molar refractivity (Wildman–Crippen MR) is 260 cm³/mol. The van der Waals surface area contributed by atoms with E-state index in [4.69, 9.17) is 18.9 Å². The summed E-state index contributed by atoms with van der Waals surface area (Å²) in [5, 5.41) is 5.04. The summed E-state index contributed by atoms with van der Waals surface area (Å²) in [6.45, 7) is 11.6. The first kappa shape index (κ1) is 51.6. The zero-order valence-corrected chi connectivity index (χ0v) is 41.6. The number of cyclic esters (lactones) is 1. The first-order chi connectivity index (χ1) is 33.7. The Morgan fingerprint density at radius 3 is 2.52 bits per heavy atom. The van der Waals surface area contributed by atoms with Crippen molar-refractivity contribution < 1.29 is 51.3 Å². The number of halogens is 3. The van der Waals surface area contributed by atoms with E-state index in [0.29, 0.717) is 71.5 Å². The number of ether oxygens (including phenoxy) is 4. The van der Waals surface area contributed by atoms with Crippen molar-refractivity contribution in [3.05, 3.63) is 77.6 Å². The highest BCUT2D eigenvalue weighted by molar-refractivity contribution is 5.96. The Balaban J connectivity index is 1.12. The number of nitrogens with one attached hydrogen (secondary N) is 2. The van der Waals surface area contributed by atoms with E-state index in [9.17, 15) is 32.3 Å². The molecule has 2 aromatic carbocycles. The smallest absolute Gasteiger partial charge is 0.406 e. The van der Waals surface area contributed by atoms with E-state index in [1.807, 2.05) is 65.0 Å². The van der Waals surface area contributed by atoms with E-state index in [2.05, 4.69) is 27.6 Å². The highest BCUT2D eigenvalue weighted by Crippen LogP contribution is 2.43. The molecule has 5 atom stereocenters. The number of carbonyl (C=O) groups is 4. The van der Waals surface area contributed by atoms with Crippen LogP contribution < -0.4 is 10.7 Å². The molecule has 1 unspecified atom stereocenters. The van der Waals surface area contributed by atoms with E-state index in [1.165, 1.54) is 16.7 Å². The third-order valence-electron chi connectivity index (χ3n) is 14.1. The van der Waals surface area contributed by atoms with E-state index in [-0.39, 0.29) is 56.4 Å². The number of aromatic nitrogens is 2. The first-order valence-electron chi connectivity index (χ1n) is 24.6. The van der Waals surface area contributed by atoms with Crippen molar-refractivity contribution in [1.82, 2.24) is 30.2 Å². The third-order valence-corrected chi connectivity index (χ3v) is 14.1. The van der Waals surface area contributed by atoms with Gasteiger partial charge in [-0.25, -0.2) is 5.43 Å². The number of hydrogen-bond donors (Lipinski definition) is 2. The van der Waals surface area contributed by atoms with Crippen LogP contribution in [0, 0.1) is 29.1 Å². The zero-order chi connectivity index (χ0) is 50.8. The highest BCUT2D eigenvalue weighted by atomic mass is 19.4. The molecule has 71 heavy (non-hydrogen) atoms. The van der Waals surface area contributed by atoms with Gasteiger partial charge < -0.3 is 33.7 Å². The van der Waals surface area contributed by atoms with Gasteiger partial charge in [-0.1, -0.05) is 63.9 Å². The molecule has 4 aliphatic heterocycles. The fraction of sp³-hybridized carbons (Fsp3) is 0.537. The van der Waals surface area contributed by atoms with Gasteiger partial charge in [-0.15, -0.1) is 0 Å². The maximum atomic E-state index is 14.7. The van der Waals surface area contributed by atoms with Crippen molar-refractivity contribution >= 4 is 34.6 Å². The second kappa shape index (κ2) is 21.1. The van der Waals surface area contributed by atoms with Gasteiger partial charge in [0.2, 0.25) is 5.91 Å². The van der Waals surface area contributed by atoms with Gasteiger partial charge in [-0.2, -0.15) is 13.2 Å². The average molecular weight is 983 g/mol. The van der Waals surface area contributed by atoms with Crippen molar-refractivity contribution in [3.63, 3.8) is 0 Å². The molecule has 6 heterocycles. The van der Waals surface area contributed by atoms with Crippen LogP contribution in [-0.4, -0.2) is 120 Å². The molecule has 4 aliphatic rings. The zero-order valence-electron chi connectivity index (χ0n) is 41.6. The summed E-state index contributed by atoms with van der Waals surface area (Å²) in [5.74, 6) is 3.17. The molecule has 0 saturated carbocycles. The summed E-state index contributed by atoms with van der Waals surface area (Å²) in [6.07, 6.45) is -0.962. The fourth-order valence-electron chi connectivity index (χ4n) is 9.94. The molecule has 4 aromatic rings. The molecule has 0 aliphatic carbocycles. The lowest BCUT2D eigenvalue weighted by Crippen LogP contribution is -2.61. The molecule has 8 rings (SSSR count). The molecule has 3 fully saturated rings. The van der Waals surface area contributed by atoms with E-state index >= 15 is 0 Å². The van der Waals surface area contributed by atoms with Crippen molar-refractivity contribution in [3.8, 4) is 34.2 Å². The lowest BCUT2D eigenvalue weighted by atomic mass is 9.84. The number of carbonyl (C=O) groups excluding carboxylic acids is 4. The van der Waals surface area contributed by atoms with Crippen LogP contribution in [0.25, 0.3) is 33.3 Å². The van der Waals surface area contributed by atoms with E-state index < -0.39 is 59.7 Å². The van der Waals surface area contributed by atoms with Gasteiger partial charge in [0, 0.05) is 67.8 Å². The second-order valence-electron chi connectivity index (χ2n) is 20.8. The summed E-state index contributed by atoms with van der Waals surface area (Å²) in [4.78, 5) is 61.9. The molecule has 380 valence electrons. The van der Waals surface area contributed by atoms with Gasteiger partial charge in [-0.3, -0.25) is 29.2 Å². The van der Waals surface area contributed by atoms with Crippen LogP contribution in [0.3, 0.4) is 0 Å². The molecule has 2 N–H and O–H groups in total. The largest absolute Gasteiger partial charge is 0.464 e. The van der Waals surface area contributed by atoms with Crippen LogP contribution in [0.4, 0.5) is 13.2 Å². The van der Waals surface area contributed by atoms with Gasteiger partial charge in [-0.05, 0) is 104 Å². The van der Waals surface area contributed by atoms with E-state index in [0.717, 1.165) is 24.0 Å². The lowest BCUT2D eigenvalue weighted by Gasteiger charge is -2.38. The Morgan fingerprint density at radius 2 is 1.80 bits per heavy atom. The normalized spacial score (nSPS) is 22.8. The van der Waals surface area contributed by atoms with Crippen LogP contribution in [0.1, 0.15) is 90.2 Å². The average Bonchev–Trinajstić information content (AvgIpc) is 3.88. The second-order valence-corrected chi connectivity index (χ2v) is 20.8. The third kappa shape index (κ3) is 11.9. The number of esters is 1. The van der Waals surface area contributed by atoms with Crippen LogP contribution in [0.15, 0.2) is 60.8 Å². The van der Waals surface area contributed by atoms with Crippen molar-refractivity contribution in [1.29, 1.82) is 0 Å². The number of hydrazine groups is 1. The number of benzene rings is 2. The summed E-state index contributed by atoms with van der Waals surface area (Å²) in [6, 6.07) is 14.5. The Hall–Kier alpha value is -5.80. The molecule has 3 saturated heterocycles. The number of rotatable bonds is 10. The lowest BCUT2D eigenvalue weighted by molar-refractivity contribution is -0.155. The predicted octanol–water partition coefficient (Wildman–Crippen LogP) is 7.36. The standard InChI is InChI=1S/C54H65F3N6O8/c1-33(2)42(30-69-38-28-61(29-38)46(64)18-20-53(6)19-11-23-71-53)49(65)59-44-25-35-12-8-13-36(24-35)37-16-17-45-40(26-37)41(27-52(4,5)32-70-51(67)43-15-10-22-63(60-43)50(44)66)48(62(45)31-54(55,56)57)39-14-9-21-58-47(39)34(3)68-7/h8-9,12-14,16-17,21,24,26,33-34,38,42-44,60H,10-11,15,19,22-23,25,27-32H2,1-7H3,(H,59,65)/t34-,42-,43-,44-,53?/m0/s1. The van der Waals surface area contributed by atoms with Crippen LogP contribution >= 0.6 is 0 Å². The van der Waals surface area contributed by atoms with Gasteiger partial charge >= 0.3 is 12.1 Å². The minimum absolute atomic E-state index is 0.0563. The molecule has 3 amide bonds. The number of pyridine rings is 1. The van der Waals surface area contributed by atoms with Crippen LogP contribution in [0.2, 0.25) is 0 Å². The molecule has 17 heteroatoms. The van der Waals surface area contributed by atoms with Crippen LogP contribution in [-0.2, 0) is 57.5 Å². The van der Waals surface area contributed by atoms with Gasteiger partial charge in [0.25, 0.3) is 11.8 Å². The number of likely N-dealkylation sites (tertiary alicyclic amines) is 1. The highest BCUT2D eigenvalue weighted by Gasteiger charge is 2.39. The summed E-state index contributed by atoms with van der Waals surface area (Å²) in [5.41, 5.74) is 6.23. The van der Waals surface area contributed by atoms with Crippen molar-refractivity contribution in [2.45, 2.75) is 123 Å². The molecular weight excluding hydrogens is 918 g/mol. The van der Waals surface area contributed by atoms with Crippen molar-refractivity contribution in [2.75, 3.05) is 46.6 Å². The summed E-state index contributed by atoms with van der Waals surface area (Å²) < 4.78 is 69.0. The Labute approximate surface area is 413 Å². The minimum atomic E-state index is -4.58. The monoisotopic (exact) mass is 982 g/mol. The van der Waals surface area contributed by atoms with Crippen molar-refractivity contribution in [2.24, 2.45) is 17.3 Å². The van der Waals surface area contributed by atoms with Crippen LogP contribution in [0.5, 0.6) is 0 Å². The number of hydrogen-bond acceptors (Lipinski definition) is 10. The van der Waals surface area contributed by atoms with E-state index in [1.54, 1.807) is 42.3 Å². The number of fused-ring (bicyclic) bond motifs is 6. The molecule has 14 nitrogen and oxygen atoms in total. The number of alkyl halides is 3. The molecule has 0 spiro atoms. The minimum Gasteiger partial charge on any atom is -0.464 e. The molecule has 0 radical (unpaired) electrons. The molecule has 6 bridgehead atoms. The maximum Gasteiger partial charge on any atom is 0.406 e. The van der Waals surface area contributed by atoms with Gasteiger partial charge in [0.15, 0.2) is 0 Å². The quantitative estimate of drug-likeness (QED) is 0.122. The maximum absolute atomic E-state index is 14.7. The fourth-order valence-corrected chi connectivity index (χ4v) is 9.94. The topological polar surface area (TPSA) is 154 Å². The van der Waals surface area contributed by atoms with Gasteiger partial charge in [0.05, 0.1) is 42.7 Å². The number of methoxy groups -OCH3 is 1. The SMILES string of the molecule is CO[C@@H](C)c1ncccc1-c1c2c3cc(ccc3n1CC(F)(F)F)-c1cccc(c1)C[C@H](NC(=O)[C@@H](COC1CN(C(=O)C#CC3(C)CCCO3)C1)C(C)C)C(=O)N1CCC[C@H](N1)C(=O)OCC(C)(C)C2. The van der Waals surface area contributed by atoms with Gasteiger partial charge in [0.1, 0.15) is 24.2 Å². The number of nitrogens with zero attached hydrogens (tertiary/aromatic N) is 4. The molecular formula is C54H65F3N6O8. The summed E-state index contributed by atoms with van der Waals surface area (Å²) in [7, 11) is 1.53. The first-order valence-corrected chi connectivity index (χ1v) is 24.6. The molecule has 2 aromatic heterocycles.